The monoisotopic (exact) mass is 431 g/mol. The van der Waals surface area contributed by atoms with E-state index >= 15 is 0 Å². The Bertz CT molecular complexity index is 1060. The van der Waals surface area contributed by atoms with E-state index < -0.39 is 0 Å². The molecule has 1 heterocycles. The van der Waals surface area contributed by atoms with Gasteiger partial charge in [-0.15, -0.1) is 0 Å². The summed E-state index contributed by atoms with van der Waals surface area (Å²) in [6.07, 6.45) is 7.23. The van der Waals surface area contributed by atoms with Crippen molar-refractivity contribution < 1.29 is 9.53 Å². The lowest BCUT2D eigenvalue weighted by atomic mass is 9.90. The second-order valence-electron chi connectivity index (χ2n) is 8.10. The molecule has 7 heteroatoms. The summed E-state index contributed by atoms with van der Waals surface area (Å²) in [4.78, 5) is 21.5. The molecule has 166 valence electrons. The number of nitrogens with two attached hydrogens (primary N) is 1. The molecule has 3 aromatic rings. The summed E-state index contributed by atoms with van der Waals surface area (Å²) in [5, 5.41) is 6.47. The van der Waals surface area contributed by atoms with Crippen LogP contribution >= 0.6 is 0 Å². The fourth-order valence-corrected chi connectivity index (χ4v) is 4.20. The number of ether oxygens (including phenoxy) is 1. The van der Waals surface area contributed by atoms with Crippen LogP contribution in [0.15, 0.2) is 61.1 Å². The minimum absolute atomic E-state index is 0.00265. The molecular formula is C25H29N5O2. The van der Waals surface area contributed by atoms with E-state index in [2.05, 4.69) is 20.6 Å². The van der Waals surface area contributed by atoms with Gasteiger partial charge in [-0.25, -0.2) is 9.97 Å². The Hall–Kier alpha value is -3.29. The summed E-state index contributed by atoms with van der Waals surface area (Å²) < 4.78 is 5.40. The van der Waals surface area contributed by atoms with Gasteiger partial charge in [-0.2, -0.15) is 0 Å². The Labute approximate surface area is 188 Å². The summed E-state index contributed by atoms with van der Waals surface area (Å²) in [6, 6.07) is 15.5. The second-order valence-corrected chi connectivity index (χ2v) is 8.10. The number of nitrogens with zero attached hydrogens (tertiary/aromatic N) is 2. The molecule has 0 aliphatic heterocycles. The molecule has 4 rings (SSSR count). The first-order valence-corrected chi connectivity index (χ1v) is 11.0. The van der Waals surface area contributed by atoms with Gasteiger partial charge >= 0.3 is 0 Å². The molecule has 0 bridgehead atoms. The van der Waals surface area contributed by atoms with Crippen LogP contribution in [-0.4, -0.2) is 35.1 Å². The van der Waals surface area contributed by atoms with Crippen LogP contribution in [0.5, 0.6) is 0 Å². The lowest BCUT2D eigenvalue weighted by Gasteiger charge is -2.29. The number of amides is 1. The fourth-order valence-electron chi connectivity index (χ4n) is 4.20. The molecule has 1 aromatic heterocycles. The van der Waals surface area contributed by atoms with Crippen LogP contribution in [0.25, 0.3) is 11.1 Å². The zero-order valence-corrected chi connectivity index (χ0v) is 18.3. The van der Waals surface area contributed by atoms with E-state index in [9.17, 15) is 4.79 Å². The fraction of sp³-hybridized carbons (Fsp3) is 0.320. The molecule has 2 aromatic carbocycles. The number of carbonyl (C=O) groups excluding carboxylic acids is 1. The lowest BCUT2D eigenvalue weighted by Crippen LogP contribution is -2.49. The van der Waals surface area contributed by atoms with Gasteiger partial charge in [0.15, 0.2) is 0 Å². The van der Waals surface area contributed by atoms with Crippen molar-refractivity contribution in [1.29, 1.82) is 0 Å². The normalized spacial score (nSPS) is 18.2. The maximum absolute atomic E-state index is 13.4. The summed E-state index contributed by atoms with van der Waals surface area (Å²) >= 11 is 0. The largest absolute Gasteiger partial charge is 0.380 e. The number of rotatable bonds is 7. The van der Waals surface area contributed by atoms with Gasteiger partial charge in [-0.1, -0.05) is 37.1 Å². The molecule has 2 atom stereocenters. The molecule has 0 radical (unpaired) electrons. The number of hydrogen-bond acceptors (Lipinski definition) is 6. The van der Waals surface area contributed by atoms with Crippen molar-refractivity contribution in [2.24, 2.45) is 5.73 Å². The van der Waals surface area contributed by atoms with Crippen LogP contribution in [0, 0.1) is 0 Å². The Morgan fingerprint density at radius 3 is 2.75 bits per heavy atom. The van der Waals surface area contributed by atoms with Crippen LogP contribution in [-0.2, 0) is 11.3 Å². The molecule has 1 fully saturated rings. The highest BCUT2D eigenvalue weighted by Gasteiger charge is 2.25. The summed E-state index contributed by atoms with van der Waals surface area (Å²) in [6.45, 7) is 0.453. The number of anilines is 2. The minimum atomic E-state index is -0.108. The van der Waals surface area contributed by atoms with E-state index in [1.807, 2.05) is 42.5 Å². The van der Waals surface area contributed by atoms with Crippen molar-refractivity contribution in [3.63, 3.8) is 0 Å². The van der Waals surface area contributed by atoms with E-state index in [1.54, 1.807) is 19.4 Å². The minimum Gasteiger partial charge on any atom is -0.380 e. The third-order valence-electron chi connectivity index (χ3n) is 5.86. The van der Waals surface area contributed by atoms with Crippen molar-refractivity contribution in [2.75, 3.05) is 12.4 Å². The van der Waals surface area contributed by atoms with Gasteiger partial charge in [-0.3, -0.25) is 4.79 Å². The van der Waals surface area contributed by atoms with Crippen molar-refractivity contribution in [3.05, 3.63) is 72.2 Å². The predicted molar refractivity (Wildman–Crippen MR) is 126 cm³/mol. The molecule has 4 N–H and O–H groups in total. The average Bonchev–Trinajstić information content (AvgIpc) is 2.82. The highest BCUT2D eigenvalue weighted by Crippen LogP contribution is 2.31. The highest BCUT2D eigenvalue weighted by atomic mass is 16.5. The van der Waals surface area contributed by atoms with E-state index in [0.29, 0.717) is 18.0 Å². The van der Waals surface area contributed by atoms with Crippen LogP contribution in [0.4, 0.5) is 11.5 Å². The summed E-state index contributed by atoms with van der Waals surface area (Å²) in [7, 11) is 1.67. The SMILES string of the molecule is COCc1ccccc1-c1cc(Nc2ccncn2)ccc1C(=O)NC1CCCC[C@@H]1N. The molecule has 1 saturated carbocycles. The van der Waals surface area contributed by atoms with Crippen molar-refractivity contribution in [3.8, 4) is 11.1 Å². The number of aromatic nitrogens is 2. The number of hydrogen-bond donors (Lipinski definition) is 3. The van der Waals surface area contributed by atoms with Crippen LogP contribution in [0.1, 0.15) is 41.6 Å². The van der Waals surface area contributed by atoms with E-state index in [1.165, 1.54) is 6.33 Å². The predicted octanol–water partition coefficient (Wildman–Crippen LogP) is 4.03. The second kappa shape index (κ2) is 10.3. The van der Waals surface area contributed by atoms with E-state index in [0.717, 1.165) is 48.1 Å². The maximum Gasteiger partial charge on any atom is 0.252 e. The van der Waals surface area contributed by atoms with Crippen molar-refractivity contribution >= 4 is 17.4 Å². The Kier molecular flexibility index (Phi) is 7.09. The topological polar surface area (TPSA) is 102 Å². The van der Waals surface area contributed by atoms with Crippen LogP contribution < -0.4 is 16.4 Å². The molecule has 0 saturated heterocycles. The zero-order chi connectivity index (χ0) is 22.3. The molecule has 7 nitrogen and oxygen atoms in total. The third kappa shape index (κ3) is 5.12. The standard InChI is InChI=1S/C25H29N5O2/c1-32-15-17-6-2-3-7-19(17)21-14-18(29-24-12-13-27-16-28-24)10-11-20(21)25(31)30-23-9-5-4-8-22(23)26/h2-3,6-7,10-14,16,22-23H,4-5,8-9,15,26H2,1H3,(H,30,31)(H,27,28,29)/t22-,23?/m0/s1. The summed E-state index contributed by atoms with van der Waals surface area (Å²) in [5.74, 6) is 0.574. The molecule has 1 aliphatic rings. The van der Waals surface area contributed by atoms with Crippen LogP contribution in [0.3, 0.4) is 0 Å². The third-order valence-corrected chi connectivity index (χ3v) is 5.86. The van der Waals surface area contributed by atoms with Crippen molar-refractivity contribution in [2.45, 2.75) is 44.4 Å². The smallest absolute Gasteiger partial charge is 0.252 e. The quantitative estimate of drug-likeness (QED) is 0.522. The van der Waals surface area contributed by atoms with Gasteiger partial charge in [0.1, 0.15) is 12.1 Å². The summed E-state index contributed by atoms with van der Waals surface area (Å²) in [5.41, 5.74) is 10.5. The Morgan fingerprint density at radius 2 is 1.97 bits per heavy atom. The molecule has 0 spiro atoms. The van der Waals surface area contributed by atoms with Gasteiger partial charge in [0.2, 0.25) is 0 Å². The van der Waals surface area contributed by atoms with Crippen LogP contribution in [0.2, 0.25) is 0 Å². The van der Waals surface area contributed by atoms with Gasteiger partial charge < -0.3 is 21.1 Å². The molecule has 32 heavy (non-hydrogen) atoms. The number of benzene rings is 2. The molecule has 1 amide bonds. The maximum atomic E-state index is 13.4. The number of nitrogens with one attached hydrogen (secondary N) is 2. The molecular weight excluding hydrogens is 402 g/mol. The highest BCUT2D eigenvalue weighted by molar-refractivity contribution is 6.02. The van der Waals surface area contributed by atoms with Crippen molar-refractivity contribution in [1.82, 2.24) is 15.3 Å². The van der Waals surface area contributed by atoms with E-state index in [4.69, 9.17) is 10.5 Å². The Balaban J connectivity index is 1.71. The van der Waals surface area contributed by atoms with Gasteiger partial charge in [0.05, 0.1) is 6.61 Å². The molecule has 1 unspecified atom stereocenters. The lowest BCUT2D eigenvalue weighted by molar-refractivity contribution is 0.0922. The van der Waals surface area contributed by atoms with Gasteiger partial charge in [0.25, 0.3) is 5.91 Å². The average molecular weight is 432 g/mol. The first-order valence-electron chi connectivity index (χ1n) is 11.0. The number of methoxy groups -OCH3 is 1. The van der Waals surface area contributed by atoms with E-state index in [-0.39, 0.29) is 18.0 Å². The number of carbonyl (C=O) groups is 1. The Morgan fingerprint density at radius 1 is 1.12 bits per heavy atom. The molecule has 1 aliphatic carbocycles. The van der Waals surface area contributed by atoms with Gasteiger partial charge in [-0.05, 0) is 53.8 Å². The zero-order valence-electron chi connectivity index (χ0n) is 18.3. The first-order chi connectivity index (χ1) is 15.7. The first kappa shape index (κ1) is 21.9. The van der Waals surface area contributed by atoms with Gasteiger partial charge in [0, 0.05) is 36.6 Å².